The highest BCUT2D eigenvalue weighted by atomic mass is 32.2. The van der Waals surface area contributed by atoms with E-state index in [-0.39, 0.29) is 17.0 Å². The Hall–Kier alpha value is -1.27. The maximum Gasteiger partial charge on any atom is 0.247 e. The summed E-state index contributed by atoms with van der Waals surface area (Å²) >= 11 is 0. The van der Waals surface area contributed by atoms with E-state index in [4.69, 9.17) is 10.5 Å². The van der Waals surface area contributed by atoms with Crippen molar-refractivity contribution in [2.24, 2.45) is 0 Å². The molecular weight excluding hydrogens is 288 g/mol. The number of piperidine rings is 1. The van der Waals surface area contributed by atoms with Gasteiger partial charge in [0.15, 0.2) is 0 Å². The molecule has 2 rings (SSSR count). The van der Waals surface area contributed by atoms with Gasteiger partial charge < -0.3 is 10.5 Å². The van der Waals surface area contributed by atoms with Crippen molar-refractivity contribution in [3.05, 3.63) is 18.2 Å². The summed E-state index contributed by atoms with van der Waals surface area (Å²) in [4.78, 5) is 0.171. The van der Waals surface area contributed by atoms with Crippen LogP contribution in [0.1, 0.15) is 40.0 Å². The zero-order valence-corrected chi connectivity index (χ0v) is 13.7. The summed E-state index contributed by atoms with van der Waals surface area (Å²) in [5.74, 6) is 0.372. The summed E-state index contributed by atoms with van der Waals surface area (Å²) in [6.07, 6.45) is 2.83. The van der Waals surface area contributed by atoms with Crippen LogP contribution in [-0.4, -0.2) is 31.4 Å². The first-order valence-corrected chi connectivity index (χ1v) is 8.87. The molecule has 6 heteroatoms. The molecule has 2 atom stereocenters. The second kappa shape index (κ2) is 6.23. The molecule has 1 heterocycles. The first-order valence-electron chi connectivity index (χ1n) is 7.43. The minimum atomic E-state index is -3.61. The molecule has 1 aromatic carbocycles. The number of ether oxygens (including phenoxy) is 1. The Bertz CT molecular complexity index is 591. The fourth-order valence-electron chi connectivity index (χ4n) is 2.99. The molecule has 0 saturated carbocycles. The van der Waals surface area contributed by atoms with E-state index in [1.807, 2.05) is 20.8 Å². The van der Waals surface area contributed by atoms with E-state index in [2.05, 4.69) is 0 Å². The number of hydrogen-bond acceptors (Lipinski definition) is 4. The zero-order valence-electron chi connectivity index (χ0n) is 12.9. The molecule has 0 aliphatic carbocycles. The molecule has 5 nitrogen and oxygen atoms in total. The normalized spacial score (nSPS) is 24.0. The van der Waals surface area contributed by atoms with Crippen molar-refractivity contribution in [3.63, 3.8) is 0 Å². The van der Waals surface area contributed by atoms with E-state index in [0.29, 0.717) is 18.0 Å². The Morgan fingerprint density at radius 1 is 1.29 bits per heavy atom. The zero-order chi connectivity index (χ0) is 15.6. The third-order valence-corrected chi connectivity index (χ3v) is 6.09. The van der Waals surface area contributed by atoms with Gasteiger partial charge >= 0.3 is 0 Å². The first-order chi connectivity index (χ1) is 9.87. The van der Waals surface area contributed by atoms with Gasteiger partial charge in [-0.05, 0) is 51.8 Å². The fraction of sp³-hybridized carbons (Fsp3) is 0.600. The van der Waals surface area contributed by atoms with Crippen molar-refractivity contribution in [3.8, 4) is 5.75 Å². The monoisotopic (exact) mass is 312 g/mol. The van der Waals surface area contributed by atoms with Gasteiger partial charge in [-0.25, -0.2) is 8.42 Å². The third-order valence-electron chi connectivity index (χ3n) is 3.94. The maximum absolute atomic E-state index is 13.0. The lowest BCUT2D eigenvalue weighted by molar-refractivity contribution is 0.203. The van der Waals surface area contributed by atoms with Gasteiger partial charge in [0.1, 0.15) is 10.6 Å². The number of rotatable bonds is 4. The van der Waals surface area contributed by atoms with Crippen LogP contribution in [0.3, 0.4) is 0 Å². The van der Waals surface area contributed by atoms with Gasteiger partial charge in [-0.15, -0.1) is 0 Å². The average Bonchev–Trinajstić information content (AvgIpc) is 2.40. The molecule has 1 fully saturated rings. The molecule has 1 aliphatic rings. The SMILES string of the molecule is CCOc1ccc(N)cc1S(=O)(=O)N1C(C)CCCC1C. The van der Waals surface area contributed by atoms with Crippen molar-refractivity contribution in [1.29, 1.82) is 0 Å². The molecule has 21 heavy (non-hydrogen) atoms. The minimum absolute atomic E-state index is 0.00495. The van der Waals surface area contributed by atoms with E-state index in [1.165, 1.54) is 6.07 Å². The lowest BCUT2D eigenvalue weighted by atomic mass is 10.0. The highest BCUT2D eigenvalue weighted by molar-refractivity contribution is 7.89. The molecule has 0 aromatic heterocycles. The van der Waals surface area contributed by atoms with Crippen LogP contribution >= 0.6 is 0 Å². The van der Waals surface area contributed by atoms with Gasteiger partial charge in [0.2, 0.25) is 10.0 Å². The van der Waals surface area contributed by atoms with Gasteiger partial charge in [-0.3, -0.25) is 0 Å². The Balaban J connectivity index is 2.50. The second-order valence-electron chi connectivity index (χ2n) is 5.60. The van der Waals surface area contributed by atoms with Crippen molar-refractivity contribution < 1.29 is 13.2 Å². The van der Waals surface area contributed by atoms with Crippen LogP contribution in [-0.2, 0) is 10.0 Å². The molecule has 0 spiro atoms. The summed E-state index contributed by atoms with van der Waals surface area (Å²) in [6.45, 7) is 6.16. The third kappa shape index (κ3) is 3.16. The standard InChI is InChI=1S/C15H24N2O3S/c1-4-20-14-9-8-13(16)10-15(14)21(18,19)17-11(2)6-5-7-12(17)3/h8-12H,4-7,16H2,1-3H3. The van der Waals surface area contributed by atoms with E-state index >= 15 is 0 Å². The van der Waals surface area contributed by atoms with Gasteiger partial charge in [-0.2, -0.15) is 4.31 Å². The lowest BCUT2D eigenvalue weighted by Gasteiger charge is -2.37. The largest absolute Gasteiger partial charge is 0.492 e. The average molecular weight is 312 g/mol. The van der Waals surface area contributed by atoms with Crippen LogP contribution in [0.15, 0.2) is 23.1 Å². The lowest BCUT2D eigenvalue weighted by Crippen LogP contribution is -2.47. The summed E-state index contributed by atoms with van der Waals surface area (Å²) in [6, 6.07) is 4.77. The van der Waals surface area contributed by atoms with Crippen LogP contribution in [0.4, 0.5) is 5.69 Å². The van der Waals surface area contributed by atoms with Crippen LogP contribution in [0.25, 0.3) is 0 Å². The summed E-state index contributed by atoms with van der Waals surface area (Å²) in [5, 5.41) is 0. The number of sulfonamides is 1. The van der Waals surface area contributed by atoms with Gasteiger partial charge in [-0.1, -0.05) is 6.42 Å². The molecule has 1 aliphatic heterocycles. The molecule has 118 valence electrons. The van der Waals surface area contributed by atoms with Crippen LogP contribution in [0, 0.1) is 0 Å². The Morgan fingerprint density at radius 3 is 2.48 bits per heavy atom. The van der Waals surface area contributed by atoms with E-state index < -0.39 is 10.0 Å². The molecule has 0 amide bonds. The summed E-state index contributed by atoms with van der Waals surface area (Å²) in [7, 11) is -3.61. The Labute approximate surface area is 127 Å². The molecular formula is C15H24N2O3S. The highest BCUT2D eigenvalue weighted by Gasteiger charge is 2.37. The van der Waals surface area contributed by atoms with Crippen LogP contribution in [0.2, 0.25) is 0 Å². The van der Waals surface area contributed by atoms with Crippen molar-refractivity contribution in [1.82, 2.24) is 4.31 Å². The number of nitrogens with zero attached hydrogens (tertiary/aromatic N) is 1. The van der Waals surface area contributed by atoms with Gasteiger partial charge in [0.25, 0.3) is 0 Å². The topological polar surface area (TPSA) is 72.6 Å². The maximum atomic E-state index is 13.0. The first kappa shape index (κ1) is 16.1. The van der Waals surface area contributed by atoms with Crippen molar-refractivity contribution in [2.75, 3.05) is 12.3 Å². The van der Waals surface area contributed by atoms with Crippen LogP contribution in [0.5, 0.6) is 5.75 Å². The summed E-state index contributed by atoms with van der Waals surface area (Å²) in [5.41, 5.74) is 6.21. The Morgan fingerprint density at radius 2 is 1.90 bits per heavy atom. The quantitative estimate of drug-likeness (QED) is 0.867. The number of benzene rings is 1. The number of nitrogens with two attached hydrogens (primary N) is 1. The molecule has 2 unspecified atom stereocenters. The number of anilines is 1. The van der Waals surface area contributed by atoms with Gasteiger partial charge in [0.05, 0.1) is 6.61 Å². The molecule has 0 radical (unpaired) electrons. The minimum Gasteiger partial charge on any atom is -0.492 e. The Kier molecular flexibility index (Phi) is 4.78. The van der Waals surface area contributed by atoms with Crippen molar-refractivity contribution >= 4 is 15.7 Å². The van der Waals surface area contributed by atoms with E-state index in [9.17, 15) is 8.42 Å². The molecule has 1 aromatic rings. The number of hydrogen-bond donors (Lipinski definition) is 1. The molecule has 2 N–H and O–H groups in total. The van der Waals surface area contributed by atoms with E-state index in [1.54, 1.807) is 16.4 Å². The second-order valence-corrected chi connectivity index (χ2v) is 7.41. The fourth-order valence-corrected chi connectivity index (χ4v) is 5.04. The number of nitrogen functional groups attached to an aromatic ring is 1. The predicted molar refractivity (Wildman–Crippen MR) is 83.8 cm³/mol. The van der Waals surface area contributed by atoms with Crippen LogP contribution < -0.4 is 10.5 Å². The highest BCUT2D eigenvalue weighted by Crippen LogP contribution is 2.34. The van der Waals surface area contributed by atoms with Crippen molar-refractivity contribution in [2.45, 2.75) is 57.0 Å². The van der Waals surface area contributed by atoms with E-state index in [0.717, 1.165) is 19.3 Å². The van der Waals surface area contributed by atoms with Gasteiger partial charge in [0, 0.05) is 17.8 Å². The summed E-state index contributed by atoms with van der Waals surface area (Å²) < 4.78 is 33.2. The molecule has 1 saturated heterocycles. The molecule has 0 bridgehead atoms. The predicted octanol–water partition coefficient (Wildman–Crippen LogP) is 2.62. The smallest absolute Gasteiger partial charge is 0.247 e.